The Kier molecular flexibility index (Phi) is 4.88. The first kappa shape index (κ1) is 15.5. The molecule has 0 fully saturated rings. The summed E-state index contributed by atoms with van der Waals surface area (Å²) in [6.45, 7) is 3.45. The lowest BCUT2D eigenvalue weighted by atomic mass is 10.1. The van der Waals surface area contributed by atoms with Gasteiger partial charge in [-0.2, -0.15) is 0 Å². The Labute approximate surface area is 122 Å². The third kappa shape index (κ3) is 2.64. The van der Waals surface area contributed by atoms with Gasteiger partial charge in [-0.3, -0.25) is 4.90 Å². The van der Waals surface area contributed by atoms with Crippen LogP contribution in [0.3, 0.4) is 0 Å². The van der Waals surface area contributed by atoms with Crippen LogP contribution in [-0.2, 0) is 6.54 Å². The maximum Gasteiger partial charge on any atom is 0.198 e. The van der Waals surface area contributed by atoms with Crippen LogP contribution in [0.15, 0.2) is 5.38 Å². The Morgan fingerprint density at radius 3 is 2.35 bits per heavy atom. The van der Waals surface area contributed by atoms with Gasteiger partial charge in [0.15, 0.2) is 23.3 Å². The molecule has 0 saturated carbocycles. The summed E-state index contributed by atoms with van der Waals surface area (Å²) in [5, 5.41) is 1.34. The molecule has 110 valence electrons. The summed E-state index contributed by atoms with van der Waals surface area (Å²) in [5.41, 5.74) is 0.437. The van der Waals surface area contributed by atoms with Gasteiger partial charge in [-0.05, 0) is 17.5 Å². The van der Waals surface area contributed by atoms with Crippen LogP contribution in [0.4, 0.5) is 17.6 Å². The Hall–Kier alpha value is -0.850. The minimum absolute atomic E-state index is 0.181. The fourth-order valence-corrected chi connectivity index (χ4v) is 3.25. The molecule has 2 rings (SSSR count). The lowest BCUT2D eigenvalue weighted by molar-refractivity contribution is 0.298. The Morgan fingerprint density at radius 1 is 1.10 bits per heavy atom. The van der Waals surface area contributed by atoms with Crippen molar-refractivity contribution in [1.29, 1.82) is 0 Å². The maximum absolute atomic E-state index is 13.9. The normalized spacial score (nSPS) is 11.8. The highest BCUT2D eigenvalue weighted by Gasteiger charge is 2.24. The number of benzene rings is 1. The fraction of sp³-hybridized carbons (Fsp3) is 0.385. The van der Waals surface area contributed by atoms with Crippen molar-refractivity contribution < 1.29 is 17.6 Å². The fourth-order valence-electron chi connectivity index (χ4n) is 2.02. The van der Waals surface area contributed by atoms with E-state index in [2.05, 4.69) is 0 Å². The minimum atomic E-state index is -1.77. The molecule has 0 saturated heterocycles. The molecule has 0 aliphatic rings. The number of halogens is 5. The van der Waals surface area contributed by atoms with Crippen LogP contribution in [0, 0.1) is 23.3 Å². The molecule has 1 aromatic heterocycles. The number of nitrogens with zero attached hydrogens (tertiary/aromatic N) is 1. The van der Waals surface area contributed by atoms with Gasteiger partial charge in [0, 0.05) is 24.4 Å². The highest BCUT2D eigenvalue weighted by atomic mass is 35.5. The lowest BCUT2D eigenvalue weighted by Gasteiger charge is -2.18. The molecule has 1 heterocycles. The summed E-state index contributed by atoms with van der Waals surface area (Å²) >= 11 is 6.52. The van der Waals surface area contributed by atoms with Gasteiger partial charge in [-0.15, -0.1) is 22.9 Å². The van der Waals surface area contributed by atoms with E-state index in [1.807, 2.05) is 11.8 Å². The van der Waals surface area contributed by atoms with E-state index in [4.69, 9.17) is 11.6 Å². The summed E-state index contributed by atoms with van der Waals surface area (Å²) in [5.74, 6) is -5.81. The van der Waals surface area contributed by atoms with Crippen molar-refractivity contribution in [3.63, 3.8) is 0 Å². The van der Waals surface area contributed by atoms with Gasteiger partial charge in [0.25, 0.3) is 0 Å². The SMILES string of the molecule is CCN(CCCl)Cc1csc2c(F)c(F)c(F)c(F)c12. The summed E-state index contributed by atoms with van der Waals surface area (Å²) in [6.07, 6.45) is 0. The molecule has 20 heavy (non-hydrogen) atoms. The van der Waals surface area contributed by atoms with E-state index in [0.717, 1.165) is 11.3 Å². The predicted octanol–water partition coefficient (Wildman–Crippen LogP) is 4.52. The number of hydrogen-bond donors (Lipinski definition) is 0. The predicted molar refractivity (Wildman–Crippen MR) is 73.3 cm³/mol. The van der Waals surface area contributed by atoms with Gasteiger partial charge in [0.2, 0.25) is 0 Å². The highest BCUT2D eigenvalue weighted by Crippen LogP contribution is 2.34. The smallest absolute Gasteiger partial charge is 0.198 e. The van der Waals surface area contributed by atoms with Crippen LogP contribution in [0.25, 0.3) is 10.1 Å². The number of fused-ring (bicyclic) bond motifs is 1. The highest BCUT2D eigenvalue weighted by molar-refractivity contribution is 7.17. The van der Waals surface area contributed by atoms with Crippen molar-refractivity contribution in [2.75, 3.05) is 19.0 Å². The molecule has 0 atom stereocenters. The second kappa shape index (κ2) is 6.28. The minimum Gasteiger partial charge on any atom is -0.298 e. The Morgan fingerprint density at radius 2 is 1.75 bits per heavy atom. The molecule has 0 amide bonds. The second-order valence-corrected chi connectivity index (χ2v) is 5.54. The molecule has 0 aliphatic heterocycles. The van der Waals surface area contributed by atoms with E-state index in [1.165, 1.54) is 5.38 Å². The van der Waals surface area contributed by atoms with E-state index in [9.17, 15) is 17.6 Å². The third-order valence-corrected chi connectivity index (χ3v) is 4.30. The van der Waals surface area contributed by atoms with Crippen molar-refractivity contribution in [2.45, 2.75) is 13.5 Å². The van der Waals surface area contributed by atoms with Gasteiger partial charge < -0.3 is 0 Å². The second-order valence-electron chi connectivity index (χ2n) is 4.28. The van der Waals surface area contributed by atoms with Gasteiger partial charge in [0.05, 0.1) is 4.70 Å². The lowest BCUT2D eigenvalue weighted by Crippen LogP contribution is -2.24. The summed E-state index contributed by atoms with van der Waals surface area (Å²) in [6, 6.07) is 0. The molecule has 0 unspecified atom stereocenters. The molecule has 0 aliphatic carbocycles. The van der Waals surface area contributed by atoms with E-state index in [1.54, 1.807) is 0 Å². The van der Waals surface area contributed by atoms with E-state index in [0.29, 0.717) is 31.1 Å². The Bertz CT molecular complexity index is 629. The van der Waals surface area contributed by atoms with Crippen LogP contribution >= 0.6 is 22.9 Å². The van der Waals surface area contributed by atoms with E-state index < -0.39 is 23.3 Å². The van der Waals surface area contributed by atoms with Gasteiger partial charge >= 0.3 is 0 Å². The van der Waals surface area contributed by atoms with Crippen LogP contribution in [0.5, 0.6) is 0 Å². The molecule has 0 spiro atoms. The van der Waals surface area contributed by atoms with Crippen molar-refractivity contribution in [1.82, 2.24) is 4.90 Å². The molecule has 0 N–H and O–H groups in total. The van der Waals surface area contributed by atoms with Crippen LogP contribution in [-0.4, -0.2) is 23.9 Å². The number of hydrogen-bond acceptors (Lipinski definition) is 2. The van der Waals surface area contributed by atoms with Crippen LogP contribution in [0.2, 0.25) is 0 Å². The van der Waals surface area contributed by atoms with Crippen molar-refractivity contribution in [3.05, 3.63) is 34.2 Å². The zero-order valence-electron chi connectivity index (χ0n) is 10.7. The van der Waals surface area contributed by atoms with Gasteiger partial charge in [-0.25, -0.2) is 17.6 Å². The van der Waals surface area contributed by atoms with Gasteiger partial charge in [0.1, 0.15) is 0 Å². The van der Waals surface area contributed by atoms with Crippen molar-refractivity contribution >= 4 is 33.0 Å². The Balaban J connectivity index is 2.51. The molecule has 7 heteroatoms. The van der Waals surface area contributed by atoms with Crippen LogP contribution < -0.4 is 0 Å². The summed E-state index contributed by atoms with van der Waals surface area (Å²) < 4.78 is 53.8. The summed E-state index contributed by atoms with van der Waals surface area (Å²) in [7, 11) is 0. The van der Waals surface area contributed by atoms with Crippen molar-refractivity contribution in [2.24, 2.45) is 0 Å². The number of alkyl halides is 1. The van der Waals surface area contributed by atoms with Crippen molar-refractivity contribution in [3.8, 4) is 0 Å². The summed E-state index contributed by atoms with van der Waals surface area (Å²) in [4.78, 5) is 1.91. The van der Waals surface area contributed by atoms with E-state index >= 15 is 0 Å². The zero-order valence-corrected chi connectivity index (χ0v) is 12.2. The number of thiophene rings is 1. The molecule has 1 aromatic carbocycles. The first-order chi connectivity index (χ1) is 9.51. The molecular weight excluding hydrogens is 314 g/mol. The number of rotatable bonds is 5. The first-order valence-electron chi connectivity index (χ1n) is 6.01. The topological polar surface area (TPSA) is 3.24 Å². The standard InChI is InChI=1S/C13H12ClF4NS/c1-2-19(4-3-14)5-7-6-20-13-8(7)9(15)10(16)11(17)12(13)18/h6H,2-5H2,1H3. The average molecular weight is 326 g/mol. The first-order valence-corrected chi connectivity index (χ1v) is 7.43. The largest absolute Gasteiger partial charge is 0.298 e. The van der Waals surface area contributed by atoms with Crippen LogP contribution in [0.1, 0.15) is 12.5 Å². The molecule has 1 nitrogen and oxygen atoms in total. The average Bonchev–Trinajstić information content (AvgIpc) is 2.86. The third-order valence-electron chi connectivity index (χ3n) is 3.11. The molecule has 0 radical (unpaired) electrons. The quantitative estimate of drug-likeness (QED) is 0.338. The molecule has 0 bridgehead atoms. The van der Waals surface area contributed by atoms with E-state index in [-0.39, 0.29) is 10.1 Å². The molecular formula is C13H12ClF4NS. The monoisotopic (exact) mass is 325 g/mol. The zero-order chi connectivity index (χ0) is 14.9. The molecule has 2 aromatic rings. The van der Waals surface area contributed by atoms with Gasteiger partial charge in [-0.1, -0.05) is 6.92 Å². The maximum atomic E-state index is 13.9.